The standard InChI is InChI=1S/C16H20FN3S/c1-19(10-14-11-21-12-18-14)15-5-7-20(8-6-15)16-4-2-3-13(17)9-16/h2-4,9,11-12,15H,5-8,10H2,1H3. The van der Waals surface area contributed by atoms with Gasteiger partial charge in [-0.3, -0.25) is 4.90 Å². The Morgan fingerprint density at radius 3 is 2.86 bits per heavy atom. The van der Waals surface area contributed by atoms with Crippen molar-refractivity contribution in [3.8, 4) is 0 Å². The largest absolute Gasteiger partial charge is 0.371 e. The zero-order chi connectivity index (χ0) is 14.7. The fourth-order valence-electron chi connectivity index (χ4n) is 2.94. The Balaban J connectivity index is 1.55. The molecule has 0 amide bonds. The first-order valence-electron chi connectivity index (χ1n) is 7.30. The summed E-state index contributed by atoms with van der Waals surface area (Å²) >= 11 is 1.65. The highest BCUT2D eigenvalue weighted by Crippen LogP contribution is 2.23. The highest BCUT2D eigenvalue weighted by atomic mass is 32.1. The molecule has 0 radical (unpaired) electrons. The molecule has 21 heavy (non-hydrogen) atoms. The van der Waals surface area contributed by atoms with Crippen LogP contribution < -0.4 is 4.90 Å². The lowest BCUT2D eigenvalue weighted by Crippen LogP contribution is -2.43. The first kappa shape index (κ1) is 14.5. The van der Waals surface area contributed by atoms with Crippen molar-refractivity contribution in [1.29, 1.82) is 0 Å². The van der Waals surface area contributed by atoms with Crippen LogP contribution in [-0.2, 0) is 6.54 Å². The number of nitrogens with zero attached hydrogens (tertiary/aromatic N) is 3. The lowest BCUT2D eigenvalue weighted by atomic mass is 10.0. The van der Waals surface area contributed by atoms with Gasteiger partial charge in [0, 0.05) is 36.7 Å². The van der Waals surface area contributed by atoms with E-state index in [9.17, 15) is 4.39 Å². The molecule has 2 aromatic rings. The van der Waals surface area contributed by atoms with Crippen LogP contribution in [0.5, 0.6) is 0 Å². The number of aromatic nitrogens is 1. The predicted molar refractivity (Wildman–Crippen MR) is 85.2 cm³/mol. The Hall–Kier alpha value is -1.46. The maximum Gasteiger partial charge on any atom is 0.125 e. The summed E-state index contributed by atoms with van der Waals surface area (Å²) in [7, 11) is 2.17. The van der Waals surface area contributed by atoms with Crippen LogP contribution >= 0.6 is 11.3 Å². The number of halogens is 1. The molecule has 0 bridgehead atoms. The average Bonchev–Trinajstić information content (AvgIpc) is 3.00. The monoisotopic (exact) mass is 305 g/mol. The van der Waals surface area contributed by atoms with E-state index in [0.717, 1.165) is 43.9 Å². The quantitative estimate of drug-likeness (QED) is 0.863. The second kappa shape index (κ2) is 6.54. The minimum Gasteiger partial charge on any atom is -0.371 e. The molecule has 1 aliphatic rings. The van der Waals surface area contributed by atoms with Gasteiger partial charge in [-0.05, 0) is 38.1 Å². The summed E-state index contributed by atoms with van der Waals surface area (Å²) in [6.07, 6.45) is 2.22. The molecule has 3 nitrogen and oxygen atoms in total. The van der Waals surface area contributed by atoms with Crippen LogP contribution in [0.15, 0.2) is 35.2 Å². The average molecular weight is 305 g/mol. The highest BCUT2D eigenvalue weighted by molar-refractivity contribution is 7.07. The van der Waals surface area contributed by atoms with E-state index in [-0.39, 0.29) is 5.82 Å². The van der Waals surface area contributed by atoms with Gasteiger partial charge in [0.25, 0.3) is 0 Å². The molecule has 1 aromatic carbocycles. The smallest absolute Gasteiger partial charge is 0.125 e. The lowest BCUT2D eigenvalue weighted by molar-refractivity contribution is 0.198. The van der Waals surface area contributed by atoms with Crippen LogP contribution in [0.25, 0.3) is 0 Å². The molecule has 112 valence electrons. The van der Waals surface area contributed by atoms with Gasteiger partial charge >= 0.3 is 0 Å². The molecular formula is C16H20FN3S. The molecule has 0 spiro atoms. The zero-order valence-electron chi connectivity index (χ0n) is 12.2. The molecule has 0 saturated carbocycles. The number of piperidine rings is 1. The molecule has 1 saturated heterocycles. The first-order valence-corrected chi connectivity index (χ1v) is 8.24. The molecule has 3 rings (SSSR count). The fraction of sp³-hybridized carbons (Fsp3) is 0.438. The number of anilines is 1. The minimum absolute atomic E-state index is 0.157. The summed E-state index contributed by atoms with van der Waals surface area (Å²) in [4.78, 5) is 9.01. The van der Waals surface area contributed by atoms with Gasteiger partial charge in [0.1, 0.15) is 5.82 Å². The van der Waals surface area contributed by atoms with E-state index in [1.54, 1.807) is 23.5 Å². The summed E-state index contributed by atoms with van der Waals surface area (Å²) in [5.74, 6) is -0.157. The summed E-state index contributed by atoms with van der Waals surface area (Å²) in [6.45, 7) is 2.87. The maximum atomic E-state index is 13.3. The molecule has 1 aliphatic heterocycles. The zero-order valence-corrected chi connectivity index (χ0v) is 13.0. The van der Waals surface area contributed by atoms with Gasteiger partial charge in [-0.1, -0.05) is 6.07 Å². The van der Waals surface area contributed by atoms with E-state index in [1.807, 2.05) is 11.6 Å². The van der Waals surface area contributed by atoms with Crippen molar-refractivity contribution in [2.24, 2.45) is 0 Å². The van der Waals surface area contributed by atoms with Gasteiger partial charge in [-0.25, -0.2) is 9.37 Å². The second-order valence-electron chi connectivity index (χ2n) is 5.59. The van der Waals surface area contributed by atoms with Crippen molar-refractivity contribution in [3.63, 3.8) is 0 Å². The third-order valence-electron chi connectivity index (χ3n) is 4.16. The number of benzene rings is 1. The second-order valence-corrected chi connectivity index (χ2v) is 6.31. The lowest BCUT2D eigenvalue weighted by Gasteiger charge is -2.37. The van der Waals surface area contributed by atoms with Crippen molar-refractivity contribution in [1.82, 2.24) is 9.88 Å². The molecule has 0 atom stereocenters. The number of thiazole rings is 1. The summed E-state index contributed by atoms with van der Waals surface area (Å²) in [5.41, 5.74) is 4.03. The maximum absolute atomic E-state index is 13.3. The summed E-state index contributed by atoms with van der Waals surface area (Å²) in [6, 6.07) is 7.47. The molecular weight excluding hydrogens is 285 g/mol. The van der Waals surface area contributed by atoms with Crippen LogP contribution in [0.4, 0.5) is 10.1 Å². The Bertz CT molecular complexity index is 565. The van der Waals surface area contributed by atoms with E-state index < -0.39 is 0 Å². The van der Waals surface area contributed by atoms with Gasteiger partial charge < -0.3 is 4.90 Å². The van der Waals surface area contributed by atoms with E-state index in [2.05, 4.69) is 27.2 Å². The van der Waals surface area contributed by atoms with Gasteiger partial charge in [-0.2, -0.15) is 0 Å². The number of hydrogen-bond acceptors (Lipinski definition) is 4. The molecule has 0 aliphatic carbocycles. The Morgan fingerprint density at radius 2 is 2.19 bits per heavy atom. The SMILES string of the molecule is CN(Cc1cscn1)C1CCN(c2cccc(F)c2)CC1. The van der Waals surface area contributed by atoms with Crippen LogP contribution in [0, 0.1) is 5.82 Å². The van der Waals surface area contributed by atoms with Gasteiger partial charge in [-0.15, -0.1) is 11.3 Å². The van der Waals surface area contributed by atoms with Crippen molar-refractivity contribution in [3.05, 3.63) is 46.7 Å². The summed E-state index contributed by atoms with van der Waals surface area (Å²) in [5, 5.41) is 2.11. The van der Waals surface area contributed by atoms with Crippen LogP contribution in [0.3, 0.4) is 0 Å². The number of rotatable bonds is 4. The topological polar surface area (TPSA) is 19.4 Å². The minimum atomic E-state index is -0.157. The van der Waals surface area contributed by atoms with Gasteiger partial charge in [0.15, 0.2) is 0 Å². The van der Waals surface area contributed by atoms with E-state index in [4.69, 9.17) is 0 Å². The third kappa shape index (κ3) is 3.60. The molecule has 5 heteroatoms. The van der Waals surface area contributed by atoms with Crippen LogP contribution in [-0.4, -0.2) is 36.1 Å². The number of hydrogen-bond donors (Lipinski definition) is 0. The predicted octanol–water partition coefficient (Wildman–Crippen LogP) is 3.38. The van der Waals surface area contributed by atoms with Gasteiger partial charge in [0.05, 0.1) is 11.2 Å². The normalized spacial score (nSPS) is 16.6. The van der Waals surface area contributed by atoms with Crippen molar-refractivity contribution < 1.29 is 4.39 Å². The summed E-state index contributed by atoms with van der Waals surface area (Å²) < 4.78 is 13.3. The van der Waals surface area contributed by atoms with Gasteiger partial charge in [0.2, 0.25) is 0 Å². The van der Waals surface area contributed by atoms with E-state index >= 15 is 0 Å². The molecule has 1 fully saturated rings. The van der Waals surface area contributed by atoms with Crippen molar-refractivity contribution in [2.75, 3.05) is 25.0 Å². The van der Waals surface area contributed by atoms with E-state index in [1.165, 1.54) is 6.07 Å². The molecule has 1 aromatic heterocycles. The Kier molecular flexibility index (Phi) is 4.51. The molecule has 2 heterocycles. The van der Waals surface area contributed by atoms with Crippen molar-refractivity contribution >= 4 is 17.0 Å². The molecule has 0 unspecified atom stereocenters. The Labute approximate surface area is 129 Å². The third-order valence-corrected chi connectivity index (χ3v) is 4.79. The van der Waals surface area contributed by atoms with Crippen LogP contribution in [0.2, 0.25) is 0 Å². The molecule has 0 N–H and O–H groups in total. The van der Waals surface area contributed by atoms with Crippen molar-refractivity contribution in [2.45, 2.75) is 25.4 Å². The first-order chi connectivity index (χ1) is 10.2. The van der Waals surface area contributed by atoms with Crippen LogP contribution in [0.1, 0.15) is 18.5 Å². The fourth-order valence-corrected chi connectivity index (χ4v) is 3.49. The highest BCUT2D eigenvalue weighted by Gasteiger charge is 2.23. The Morgan fingerprint density at radius 1 is 1.38 bits per heavy atom. The van der Waals surface area contributed by atoms with E-state index in [0.29, 0.717) is 6.04 Å².